The Morgan fingerprint density at radius 1 is 1.46 bits per heavy atom. The predicted octanol–water partition coefficient (Wildman–Crippen LogP) is -1.98. The lowest BCUT2D eigenvalue weighted by molar-refractivity contribution is -0.306. The molecule has 1 heterocycles. The molecule has 13 heavy (non-hydrogen) atoms. The van der Waals surface area contributed by atoms with Crippen LogP contribution in [0.25, 0.3) is 0 Å². The molecule has 0 aliphatic carbocycles. The lowest BCUT2D eigenvalue weighted by atomic mass is 10.2. The number of imide groups is 1. The second-order valence-corrected chi connectivity index (χ2v) is 2.88. The van der Waals surface area contributed by atoms with Gasteiger partial charge in [-0.1, -0.05) is 0 Å². The molecule has 72 valence electrons. The SMILES string of the molecule is CN1C(=O)[C@H](CC(=O)[O-])N(C)C1=O. The number of urea groups is 1. The van der Waals surface area contributed by atoms with Crippen LogP contribution in [-0.4, -0.2) is 47.8 Å². The molecule has 6 heteroatoms. The smallest absolute Gasteiger partial charge is 0.326 e. The van der Waals surface area contributed by atoms with Crippen molar-refractivity contribution in [2.24, 2.45) is 0 Å². The van der Waals surface area contributed by atoms with Crippen molar-refractivity contribution in [1.29, 1.82) is 0 Å². The number of hydrogen-bond donors (Lipinski definition) is 0. The number of carboxylic acids is 1. The lowest BCUT2D eigenvalue weighted by Gasteiger charge is -2.15. The maximum Gasteiger partial charge on any atom is 0.326 e. The largest absolute Gasteiger partial charge is 0.550 e. The third-order valence-electron chi connectivity index (χ3n) is 2.03. The van der Waals surface area contributed by atoms with Crippen LogP contribution in [0.2, 0.25) is 0 Å². The zero-order valence-electron chi connectivity index (χ0n) is 7.31. The summed E-state index contributed by atoms with van der Waals surface area (Å²) in [6.07, 6.45) is -0.453. The van der Waals surface area contributed by atoms with Gasteiger partial charge in [0.15, 0.2) is 0 Å². The van der Waals surface area contributed by atoms with E-state index in [2.05, 4.69) is 0 Å². The van der Waals surface area contributed by atoms with E-state index in [0.717, 1.165) is 9.80 Å². The Bertz CT molecular complexity index is 276. The Labute approximate surface area is 74.7 Å². The Hall–Kier alpha value is -1.59. The summed E-state index contributed by atoms with van der Waals surface area (Å²) in [5.74, 6) is -1.84. The normalized spacial score (nSPS) is 22.8. The van der Waals surface area contributed by atoms with Crippen LogP contribution in [0.5, 0.6) is 0 Å². The summed E-state index contributed by atoms with van der Waals surface area (Å²) < 4.78 is 0. The molecule has 0 unspecified atom stereocenters. The van der Waals surface area contributed by atoms with Crippen molar-refractivity contribution in [3.8, 4) is 0 Å². The van der Waals surface area contributed by atoms with E-state index < -0.39 is 30.4 Å². The summed E-state index contributed by atoms with van der Waals surface area (Å²) in [6.45, 7) is 0. The summed E-state index contributed by atoms with van der Waals surface area (Å²) in [5.41, 5.74) is 0. The topological polar surface area (TPSA) is 80.8 Å². The van der Waals surface area contributed by atoms with Crippen molar-refractivity contribution in [1.82, 2.24) is 9.80 Å². The van der Waals surface area contributed by atoms with Crippen molar-refractivity contribution < 1.29 is 19.5 Å². The fourth-order valence-corrected chi connectivity index (χ4v) is 1.24. The first-order valence-corrected chi connectivity index (χ1v) is 3.69. The van der Waals surface area contributed by atoms with Gasteiger partial charge in [0.1, 0.15) is 6.04 Å². The molecule has 1 rings (SSSR count). The van der Waals surface area contributed by atoms with Crippen LogP contribution >= 0.6 is 0 Å². The van der Waals surface area contributed by atoms with Gasteiger partial charge in [-0.05, 0) is 0 Å². The molecule has 1 aliphatic rings. The molecule has 0 N–H and O–H groups in total. The first-order chi connectivity index (χ1) is 5.95. The quantitative estimate of drug-likeness (QED) is 0.467. The number of carbonyl (C=O) groups excluding carboxylic acids is 3. The van der Waals surface area contributed by atoms with E-state index in [0.29, 0.717) is 0 Å². The molecule has 3 amide bonds. The standard InChI is InChI=1S/C7H10N2O4/c1-8-4(3-5(10)11)6(12)9(2)7(8)13/h4H,3H2,1-2H3,(H,10,11)/p-1/t4-/m0/s1. The van der Waals surface area contributed by atoms with Crippen LogP contribution in [0, 0.1) is 0 Å². The summed E-state index contributed by atoms with van der Waals surface area (Å²) in [5, 5.41) is 10.2. The zero-order valence-corrected chi connectivity index (χ0v) is 7.31. The maximum atomic E-state index is 11.2. The summed E-state index contributed by atoms with van der Waals surface area (Å²) in [6, 6.07) is -1.40. The van der Waals surface area contributed by atoms with Crippen molar-refractivity contribution in [2.75, 3.05) is 14.1 Å². The third-order valence-corrected chi connectivity index (χ3v) is 2.03. The Morgan fingerprint density at radius 2 is 2.00 bits per heavy atom. The highest BCUT2D eigenvalue weighted by Gasteiger charge is 2.40. The van der Waals surface area contributed by atoms with Crippen LogP contribution < -0.4 is 5.11 Å². The Kier molecular flexibility index (Phi) is 2.22. The van der Waals surface area contributed by atoms with E-state index in [9.17, 15) is 19.5 Å². The second kappa shape index (κ2) is 3.04. The second-order valence-electron chi connectivity index (χ2n) is 2.88. The van der Waals surface area contributed by atoms with E-state index in [4.69, 9.17) is 0 Å². The summed E-state index contributed by atoms with van der Waals surface area (Å²) in [7, 11) is 2.70. The highest BCUT2D eigenvalue weighted by molar-refractivity contribution is 6.04. The zero-order chi connectivity index (χ0) is 10.2. The van der Waals surface area contributed by atoms with Crippen LogP contribution in [0.4, 0.5) is 4.79 Å². The van der Waals surface area contributed by atoms with E-state index in [1.54, 1.807) is 0 Å². The molecule has 6 nitrogen and oxygen atoms in total. The highest BCUT2D eigenvalue weighted by atomic mass is 16.4. The summed E-state index contributed by atoms with van der Waals surface area (Å²) >= 11 is 0. The molecule has 1 atom stereocenters. The van der Waals surface area contributed by atoms with Crippen molar-refractivity contribution in [3.05, 3.63) is 0 Å². The van der Waals surface area contributed by atoms with Gasteiger partial charge >= 0.3 is 6.03 Å². The average molecular weight is 185 g/mol. The van der Waals surface area contributed by atoms with Gasteiger partial charge in [0.25, 0.3) is 5.91 Å². The van der Waals surface area contributed by atoms with Crippen molar-refractivity contribution in [2.45, 2.75) is 12.5 Å². The molecule has 1 aliphatic heterocycles. The van der Waals surface area contributed by atoms with Crippen molar-refractivity contribution in [3.63, 3.8) is 0 Å². The van der Waals surface area contributed by atoms with Gasteiger partial charge < -0.3 is 14.8 Å². The first-order valence-electron chi connectivity index (χ1n) is 3.69. The van der Waals surface area contributed by atoms with Gasteiger partial charge in [0.2, 0.25) is 0 Å². The summed E-state index contributed by atoms with van der Waals surface area (Å²) in [4.78, 5) is 34.6. The van der Waals surface area contributed by atoms with E-state index >= 15 is 0 Å². The molecule has 0 spiro atoms. The monoisotopic (exact) mass is 185 g/mol. The number of aliphatic carboxylic acids is 1. The number of amides is 3. The minimum atomic E-state index is -1.34. The molecule has 0 saturated carbocycles. The van der Waals surface area contributed by atoms with Crippen LogP contribution in [0.15, 0.2) is 0 Å². The maximum absolute atomic E-state index is 11.2. The third kappa shape index (κ3) is 1.47. The molecule has 0 radical (unpaired) electrons. The van der Waals surface area contributed by atoms with Crippen LogP contribution in [0.3, 0.4) is 0 Å². The number of carbonyl (C=O) groups is 3. The molecule has 0 bridgehead atoms. The van der Waals surface area contributed by atoms with Gasteiger partial charge in [-0.25, -0.2) is 4.79 Å². The average Bonchev–Trinajstić information content (AvgIpc) is 2.22. The van der Waals surface area contributed by atoms with E-state index in [1.165, 1.54) is 14.1 Å². The number of nitrogens with zero attached hydrogens (tertiary/aromatic N) is 2. The number of hydrogen-bond acceptors (Lipinski definition) is 4. The highest BCUT2D eigenvalue weighted by Crippen LogP contribution is 2.15. The minimum Gasteiger partial charge on any atom is -0.550 e. The van der Waals surface area contributed by atoms with Gasteiger partial charge in [0.05, 0.1) is 0 Å². The lowest BCUT2D eigenvalue weighted by Crippen LogP contribution is -2.37. The predicted molar refractivity (Wildman–Crippen MR) is 39.3 cm³/mol. The van der Waals surface area contributed by atoms with Gasteiger partial charge in [-0.2, -0.15) is 0 Å². The Balaban J connectivity index is 2.81. The van der Waals surface area contributed by atoms with Gasteiger partial charge in [-0.3, -0.25) is 9.69 Å². The minimum absolute atomic E-state index is 0.453. The number of carboxylic acid groups (broad SMARTS) is 1. The fourth-order valence-electron chi connectivity index (χ4n) is 1.24. The van der Waals surface area contributed by atoms with Gasteiger partial charge in [-0.15, -0.1) is 0 Å². The van der Waals surface area contributed by atoms with Crippen LogP contribution in [-0.2, 0) is 9.59 Å². The molecule has 1 saturated heterocycles. The molecule has 0 aromatic heterocycles. The molecular formula is C7H9N2O4-. The number of rotatable bonds is 2. The fraction of sp³-hybridized carbons (Fsp3) is 0.571. The Morgan fingerprint density at radius 3 is 2.31 bits per heavy atom. The molecular weight excluding hydrogens is 176 g/mol. The number of likely N-dealkylation sites (N-methyl/N-ethyl adjacent to an activating group) is 2. The van der Waals surface area contributed by atoms with E-state index in [1.807, 2.05) is 0 Å². The van der Waals surface area contributed by atoms with Crippen LogP contribution in [0.1, 0.15) is 6.42 Å². The molecule has 1 fully saturated rings. The molecule has 0 aromatic rings. The van der Waals surface area contributed by atoms with Gasteiger partial charge in [0, 0.05) is 26.5 Å². The first kappa shape index (κ1) is 9.50. The van der Waals surface area contributed by atoms with Crippen molar-refractivity contribution >= 4 is 17.9 Å². The van der Waals surface area contributed by atoms with E-state index in [-0.39, 0.29) is 0 Å². The molecule has 0 aromatic carbocycles.